The van der Waals surface area contributed by atoms with Crippen LogP contribution in [0.2, 0.25) is 0 Å². The maximum absolute atomic E-state index is 14.4. The average Bonchev–Trinajstić information content (AvgIpc) is 3.48. The lowest BCUT2D eigenvalue weighted by Gasteiger charge is -2.26. The van der Waals surface area contributed by atoms with Crippen LogP contribution in [0, 0.1) is 11.6 Å². The Morgan fingerprint density at radius 2 is 2.06 bits per heavy atom. The van der Waals surface area contributed by atoms with E-state index >= 15 is 0 Å². The summed E-state index contributed by atoms with van der Waals surface area (Å²) in [6, 6.07) is 4.88. The van der Waals surface area contributed by atoms with E-state index in [0.29, 0.717) is 48.4 Å². The zero-order valence-corrected chi connectivity index (χ0v) is 16.8. The number of aliphatic hydroxyl groups excluding tert-OH is 1. The molecule has 3 heterocycles. The summed E-state index contributed by atoms with van der Waals surface area (Å²) in [6.45, 7) is 0.652. The first-order valence-electron chi connectivity index (χ1n) is 10.5. The molecule has 9 heteroatoms. The molecule has 7 nitrogen and oxygen atoms in total. The third-order valence-corrected chi connectivity index (χ3v) is 6.20. The summed E-state index contributed by atoms with van der Waals surface area (Å²) in [5, 5.41) is 16.9. The summed E-state index contributed by atoms with van der Waals surface area (Å²) in [6.07, 6.45) is 6.26. The smallest absolute Gasteiger partial charge is 0.256 e. The number of fused-ring (bicyclic) bond motifs is 1. The van der Waals surface area contributed by atoms with E-state index in [1.807, 2.05) is 4.90 Å². The fraction of sp³-hybridized carbons (Fsp3) is 0.409. The number of halogens is 2. The molecule has 3 unspecified atom stereocenters. The molecule has 2 aromatic heterocycles. The molecular formula is C22H23F2N5O2. The van der Waals surface area contributed by atoms with Crippen molar-refractivity contribution in [3.05, 3.63) is 59.4 Å². The third-order valence-electron chi connectivity index (χ3n) is 6.20. The van der Waals surface area contributed by atoms with Gasteiger partial charge in [-0.2, -0.15) is 5.10 Å². The normalized spacial score (nSPS) is 23.6. The van der Waals surface area contributed by atoms with Crippen molar-refractivity contribution >= 4 is 17.4 Å². The number of carbonyl (C=O) groups is 1. The molecule has 0 radical (unpaired) electrons. The van der Waals surface area contributed by atoms with Crippen LogP contribution in [-0.4, -0.2) is 44.3 Å². The molecule has 1 aliphatic heterocycles. The Morgan fingerprint density at radius 3 is 2.87 bits per heavy atom. The number of hydrogen-bond donors (Lipinski definition) is 2. The van der Waals surface area contributed by atoms with E-state index in [1.165, 1.54) is 16.8 Å². The van der Waals surface area contributed by atoms with Gasteiger partial charge in [0, 0.05) is 24.3 Å². The van der Waals surface area contributed by atoms with Crippen LogP contribution in [0.5, 0.6) is 0 Å². The number of aliphatic hydroxyl groups is 1. The first-order chi connectivity index (χ1) is 15.0. The van der Waals surface area contributed by atoms with E-state index in [9.17, 15) is 18.7 Å². The van der Waals surface area contributed by atoms with E-state index in [2.05, 4.69) is 15.4 Å². The third kappa shape index (κ3) is 3.74. The van der Waals surface area contributed by atoms with Crippen molar-refractivity contribution in [3.8, 4) is 0 Å². The number of nitrogens with zero attached hydrogens (tertiary/aromatic N) is 4. The van der Waals surface area contributed by atoms with Gasteiger partial charge in [0.05, 0.1) is 18.3 Å². The molecular weight excluding hydrogens is 404 g/mol. The van der Waals surface area contributed by atoms with Crippen LogP contribution in [0.4, 0.5) is 14.6 Å². The fourth-order valence-electron chi connectivity index (χ4n) is 4.67. The molecule has 3 aromatic rings. The van der Waals surface area contributed by atoms with Crippen molar-refractivity contribution in [2.24, 2.45) is 0 Å². The predicted molar refractivity (Wildman–Crippen MR) is 110 cm³/mol. The molecule has 1 aliphatic carbocycles. The molecule has 5 rings (SSSR count). The van der Waals surface area contributed by atoms with Crippen LogP contribution < -0.4 is 10.2 Å². The second kappa shape index (κ2) is 7.88. The maximum Gasteiger partial charge on any atom is 0.256 e. The van der Waals surface area contributed by atoms with Crippen molar-refractivity contribution in [3.63, 3.8) is 0 Å². The molecule has 162 valence electrons. The highest BCUT2D eigenvalue weighted by molar-refractivity contribution is 6.00. The van der Waals surface area contributed by atoms with Gasteiger partial charge in [0.1, 0.15) is 23.0 Å². The van der Waals surface area contributed by atoms with Crippen molar-refractivity contribution in [1.82, 2.24) is 19.9 Å². The number of amides is 1. The molecule has 3 atom stereocenters. The second-order valence-corrected chi connectivity index (χ2v) is 8.27. The standard InChI is InChI=1S/C22H23F2N5O2/c23-13-3-6-18(24)16(10-13)19-2-1-8-28(19)20-7-9-29-21(27-20)17(12-25-29)22(31)26-14-4-5-15(30)11-14/h3,6-7,9-10,12,14-15,19,30H,1-2,4-5,8,11H2,(H,26,31). The van der Waals surface area contributed by atoms with Gasteiger partial charge in [-0.3, -0.25) is 4.79 Å². The highest BCUT2D eigenvalue weighted by atomic mass is 19.1. The largest absolute Gasteiger partial charge is 0.393 e. The Labute approximate surface area is 177 Å². The minimum Gasteiger partial charge on any atom is -0.393 e. The topological polar surface area (TPSA) is 82.8 Å². The van der Waals surface area contributed by atoms with Crippen molar-refractivity contribution in [1.29, 1.82) is 0 Å². The number of aromatic nitrogens is 3. The summed E-state index contributed by atoms with van der Waals surface area (Å²) in [5.41, 5.74) is 1.06. The predicted octanol–water partition coefficient (Wildman–Crippen LogP) is 2.99. The number of benzene rings is 1. The number of nitrogens with one attached hydrogen (secondary N) is 1. The van der Waals surface area contributed by atoms with Gasteiger partial charge < -0.3 is 15.3 Å². The van der Waals surface area contributed by atoms with Crippen LogP contribution in [0.25, 0.3) is 5.65 Å². The van der Waals surface area contributed by atoms with Crippen molar-refractivity contribution < 1.29 is 18.7 Å². The summed E-state index contributed by atoms with van der Waals surface area (Å²) in [4.78, 5) is 19.4. The lowest BCUT2D eigenvalue weighted by Crippen LogP contribution is -2.33. The first kappa shape index (κ1) is 19.9. The van der Waals surface area contributed by atoms with E-state index in [4.69, 9.17) is 0 Å². The Morgan fingerprint density at radius 1 is 1.19 bits per heavy atom. The van der Waals surface area contributed by atoms with Gasteiger partial charge in [-0.25, -0.2) is 18.3 Å². The van der Waals surface area contributed by atoms with Crippen LogP contribution in [-0.2, 0) is 0 Å². The van der Waals surface area contributed by atoms with Crippen LogP contribution in [0.15, 0.2) is 36.7 Å². The molecule has 2 fully saturated rings. The molecule has 2 N–H and O–H groups in total. The van der Waals surface area contributed by atoms with Crippen LogP contribution in [0.1, 0.15) is 54.1 Å². The van der Waals surface area contributed by atoms with Crippen molar-refractivity contribution in [2.75, 3.05) is 11.4 Å². The van der Waals surface area contributed by atoms with Gasteiger partial charge in [0.2, 0.25) is 0 Å². The van der Waals surface area contributed by atoms with Crippen LogP contribution >= 0.6 is 0 Å². The van der Waals surface area contributed by atoms with E-state index in [0.717, 1.165) is 25.0 Å². The summed E-state index contributed by atoms with van der Waals surface area (Å²) in [7, 11) is 0. The van der Waals surface area contributed by atoms with Crippen LogP contribution in [0.3, 0.4) is 0 Å². The molecule has 1 aromatic carbocycles. The molecule has 0 bridgehead atoms. The molecule has 31 heavy (non-hydrogen) atoms. The fourth-order valence-corrected chi connectivity index (χ4v) is 4.67. The molecule has 1 saturated carbocycles. The summed E-state index contributed by atoms with van der Waals surface area (Å²) < 4.78 is 29.7. The summed E-state index contributed by atoms with van der Waals surface area (Å²) in [5.74, 6) is -0.613. The van der Waals surface area contributed by atoms with E-state index in [-0.39, 0.29) is 24.1 Å². The van der Waals surface area contributed by atoms with Crippen molar-refractivity contribution in [2.45, 2.75) is 50.3 Å². The number of anilines is 1. The monoisotopic (exact) mass is 427 g/mol. The Balaban J connectivity index is 1.44. The number of hydrogen-bond acceptors (Lipinski definition) is 5. The lowest BCUT2D eigenvalue weighted by atomic mass is 10.0. The van der Waals surface area contributed by atoms with Gasteiger partial charge in [-0.15, -0.1) is 0 Å². The summed E-state index contributed by atoms with van der Waals surface area (Å²) >= 11 is 0. The Hall–Kier alpha value is -3.07. The van der Waals surface area contributed by atoms with Gasteiger partial charge in [-0.05, 0) is 56.4 Å². The first-order valence-corrected chi connectivity index (χ1v) is 10.5. The van der Waals surface area contributed by atoms with E-state index in [1.54, 1.807) is 12.3 Å². The molecule has 0 spiro atoms. The maximum atomic E-state index is 14.4. The number of carbonyl (C=O) groups excluding carboxylic acids is 1. The number of rotatable bonds is 4. The van der Waals surface area contributed by atoms with Gasteiger partial charge in [-0.1, -0.05) is 0 Å². The minimum atomic E-state index is -0.474. The molecule has 1 amide bonds. The minimum absolute atomic E-state index is 0.0699. The van der Waals surface area contributed by atoms with Gasteiger partial charge in [0.15, 0.2) is 5.65 Å². The lowest BCUT2D eigenvalue weighted by molar-refractivity contribution is 0.0935. The zero-order chi connectivity index (χ0) is 21.5. The molecule has 1 saturated heterocycles. The van der Waals surface area contributed by atoms with E-state index < -0.39 is 11.6 Å². The zero-order valence-electron chi connectivity index (χ0n) is 16.8. The Bertz CT molecular complexity index is 1130. The highest BCUT2D eigenvalue weighted by Gasteiger charge is 2.30. The second-order valence-electron chi connectivity index (χ2n) is 8.27. The Kier molecular flexibility index (Phi) is 5.05. The van der Waals surface area contributed by atoms with Gasteiger partial charge in [0.25, 0.3) is 5.91 Å². The molecule has 2 aliphatic rings. The quantitative estimate of drug-likeness (QED) is 0.669. The highest BCUT2D eigenvalue weighted by Crippen LogP contribution is 2.36. The average molecular weight is 427 g/mol. The SMILES string of the molecule is O=C(NC1CCC(O)C1)c1cnn2ccc(N3CCCC3c3cc(F)ccc3F)nc12. The van der Waals surface area contributed by atoms with Gasteiger partial charge >= 0.3 is 0 Å².